The van der Waals surface area contributed by atoms with Crippen molar-refractivity contribution in [2.45, 2.75) is 0 Å². The third-order valence-corrected chi connectivity index (χ3v) is 2.67. The summed E-state index contributed by atoms with van der Waals surface area (Å²) in [6, 6.07) is 11.6. The van der Waals surface area contributed by atoms with Gasteiger partial charge < -0.3 is 0 Å². The maximum Gasteiger partial charge on any atom is 0.150 e. The smallest absolute Gasteiger partial charge is 0.150 e. The Morgan fingerprint density at radius 2 is 1.77 bits per heavy atom. The van der Waals surface area contributed by atoms with Crippen molar-refractivity contribution in [2.24, 2.45) is 0 Å². The van der Waals surface area contributed by atoms with Gasteiger partial charge in [0.05, 0.1) is 0 Å². The Hall–Kier alpha value is -1.15. The van der Waals surface area contributed by atoms with Crippen molar-refractivity contribution in [3.63, 3.8) is 0 Å². The molecule has 0 radical (unpaired) electrons. The zero-order chi connectivity index (χ0) is 9.26. The monoisotopic (exact) mass is 234 g/mol. The summed E-state index contributed by atoms with van der Waals surface area (Å²) >= 11 is 3.42. The Morgan fingerprint density at radius 3 is 2.46 bits per heavy atom. The molecule has 0 bridgehead atoms. The van der Waals surface area contributed by atoms with E-state index in [1.807, 2.05) is 36.4 Å². The first kappa shape index (κ1) is 8.45. The quantitative estimate of drug-likeness (QED) is 0.692. The number of aldehydes is 1. The lowest BCUT2D eigenvalue weighted by atomic mass is 10.1. The molecule has 13 heavy (non-hydrogen) atoms. The lowest BCUT2D eigenvalue weighted by Gasteiger charge is -1.92. The molecule has 0 spiro atoms. The minimum Gasteiger partial charge on any atom is -0.298 e. The summed E-state index contributed by atoms with van der Waals surface area (Å²) in [5.41, 5.74) is 2.80. The molecule has 2 aliphatic rings. The van der Waals surface area contributed by atoms with Gasteiger partial charge in [-0.15, -0.1) is 0 Å². The number of carbonyl (C=O) groups is 1. The number of rotatable bonds is 1. The van der Waals surface area contributed by atoms with Crippen LogP contribution in [0, 0.1) is 0 Å². The minimum atomic E-state index is 0.734. The molecule has 0 heterocycles. The molecule has 2 aliphatic carbocycles. The van der Waals surface area contributed by atoms with E-state index >= 15 is 0 Å². The molecule has 0 saturated heterocycles. The van der Waals surface area contributed by atoms with Crippen molar-refractivity contribution in [2.75, 3.05) is 0 Å². The standard InChI is InChI=1S/C11H7BrO/c12-11-6-8(7-13)9-4-2-1-3-5-10(9)11/h1-7H. The first-order valence-corrected chi connectivity index (χ1v) is 4.74. The molecule has 1 nitrogen and oxygen atoms in total. The first-order valence-electron chi connectivity index (χ1n) is 3.95. The summed E-state index contributed by atoms with van der Waals surface area (Å²) in [6.07, 6.45) is 0.882. The van der Waals surface area contributed by atoms with E-state index < -0.39 is 0 Å². The molecule has 0 fully saturated rings. The van der Waals surface area contributed by atoms with Crippen LogP contribution in [0.2, 0.25) is 0 Å². The SMILES string of the molecule is O=Cc1cc(Br)c2cccccc1-2. The molecule has 0 N–H and O–H groups in total. The predicted molar refractivity (Wildman–Crippen MR) is 56.2 cm³/mol. The van der Waals surface area contributed by atoms with Crippen LogP contribution in [0.1, 0.15) is 10.4 Å². The minimum absolute atomic E-state index is 0.734. The van der Waals surface area contributed by atoms with Crippen molar-refractivity contribution < 1.29 is 4.79 Å². The molecule has 0 unspecified atom stereocenters. The molecular weight excluding hydrogens is 228 g/mol. The Labute approximate surface area is 84.9 Å². The van der Waals surface area contributed by atoms with Crippen molar-refractivity contribution in [1.82, 2.24) is 0 Å². The van der Waals surface area contributed by atoms with E-state index in [1.165, 1.54) is 0 Å². The van der Waals surface area contributed by atoms with Crippen LogP contribution in [0.3, 0.4) is 0 Å². The summed E-state index contributed by atoms with van der Waals surface area (Å²) in [4.78, 5) is 10.7. The zero-order valence-corrected chi connectivity index (χ0v) is 8.41. The lowest BCUT2D eigenvalue weighted by molar-refractivity contribution is 0.112. The average molecular weight is 235 g/mol. The maximum absolute atomic E-state index is 10.7. The van der Waals surface area contributed by atoms with Crippen molar-refractivity contribution in [3.05, 3.63) is 46.4 Å². The molecule has 0 aromatic rings. The summed E-state index contributed by atoms with van der Waals surface area (Å²) < 4.78 is 0.973. The van der Waals surface area contributed by atoms with Gasteiger partial charge in [0.25, 0.3) is 0 Å². The third kappa shape index (κ3) is 1.38. The fourth-order valence-electron chi connectivity index (χ4n) is 1.40. The van der Waals surface area contributed by atoms with Crippen LogP contribution >= 0.6 is 15.9 Å². The van der Waals surface area contributed by atoms with Crippen LogP contribution in [0.15, 0.2) is 40.9 Å². The summed E-state index contributed by atoms with van der Waals surface area (Å²) in [5.74, 6) is 0. The van der Waals surface area contributed by atoms with Crippen LogP contribution < -0.4 is 0 Å². The van der Waals surface area contributed by atoms with Crippen LogP contribution in [0.4, 0.5) is 0 Å². The van der Waals surface area contributed by atoms with E-state index in [4.69, 9.17) is 0 Å². The van der Waals surface area contributed by atoms with Crippen LogP contribution in [-0.4, -0.2) is 6.29 Å². The largest absolute Gasteiger partial charge is 0.298 e. The fourth-order valence-corrected chi connectivity index (χ4v) is 1.99. The fraction of sp³-hybridized carbons (Fsp3) is 0. The van der Waals surface area contributed by atoms with Gasteiger partial charge in [-0.05, 0) is 17.2 Å². The number of halogens is 1. The number of fused-ring (bicyclic) bond motifs is 1. The van der Waals surface area contributed by atoms with Gasteiger partial charge in [0, 0.05) is 10.0 Å². The van der Waals surface area contributed by atoms with Crippen LogP contribution in [-0.2, 0) is 0 Å². The lowest BCUT2D eigenvalue weighted by Crippen LogP contribution is -1.75. The van der Waals surface area contributed by atoms with Gasteiger partial charge in [-0.3, -0.25) is 4.79 Å². The normalized spacial score (nSPS) is 10.2. The van der Waals surface area contributed by atoms with E-state index in [-0.39, 0.29) is 0 Å². The first-order chi connectivity index (χ1) is 6.33. The number of hydrogen-bond donors (Lipinski definition) is 0. The summed E-state index contributed by atoms with van der Waals surface area (Å²) in [6.45, 7) is 0. The van der Waals surface area contributed by atoms with E-state index in [0.29, 0.717) is 0 Å². The molecule has 2 rings (SSSR count). The summed E-state index contributed by atoms with van der Waals surface area (Å²) in [7, 11) is 0. The van der Waals surface area contributed by atoms with E-state index in [1.54, 1.807) is 0 Å². The van der Waals surface area contributed by atoms with Gasteiger partial charge >= 0.3 is 0 Å². The Morgan fingerprint density at radius 1 is 1.08 bits per heavy atom. The molecule has 0 aromatic carbocycles. The molecule has 0 saturated carbocycles. The Balaban J connectivity index is 2.78. The third-order valence-electron chi connectivity index (χ3n) is 2.02. The second kappa shape index (κ2) is 3.30. The second-order valence-electron chi connectivity index (χ2n) is 2.80. The molecule has 0 atom stereocenters. The second-order valence-corrected chi connectivity index (χ2v) is 3.66. The maximum atomic E-state index is 10.7. The highest BCUT2D eigenvalue weighted by Crippen LogP contribution is 2.34. The molecule has 64 valence electrons. The highest BCUT2D eigenvalue weighted by molar-refractivity contribution is 9.10. The molecule has 0 amide bonds. The molecular formula is C11H7BrO. The van der Waals surface area contributed by atoms with E-state index in [0.717, 1.165) is 27.4 Å². The van der Waals surface area contributed by atoms with Gasteiger partial charge in [-0.1, -0.05) is 46.3 Å². The van der Waals surface area contributed by atoms with Gasteiger partial charge in [-0.25, -0.2) is 0 Å². The van der Waals surface area contributed by atoms with Crippen molar-refractivity contribution in [3.8, 4) is 11.1 Å². The summed E-state index contributed by atoms with van der Waals surface area (Å²) in [5, 5.41) is 0. The van der Waals surface area contributed by atoms with Gasteiger partial charge in [0.15, 0.2) is 6.29 Å². The van der Waals surface area contributed by atoms with Crippen molar-refractivity contribution >= 4 is 22.2 Å². The molecule has 2 heteroatoms. The van der Waals surface area contributed by atoms with Gasteiger partial charge in [0.2, 0.25) is 0 Å². The van der Waals surface area contributed by atoms with Crippen LogP contribution in [0.25, 0.3) is 11.1 Å². The highest BCUT2D eigenvalue weighted by atomic mass is 79.9. The molecule has 0 aromatic heterocycles. The number of hydrogen-bond acceptors (Lipinski definition) is 1. The topological polar surface area (TPSA) is 17.1 Å². The van der Waals surface area contributed by atoms with E-state index in [2.05, 4.69) is 15.9 Å². The Kier molecular flexibility index (Phi) is 2.15. The van der Waals surface area contributed by atoms with Crippen molar-refractivity contribution in [1.29, 1.82) is 0 Å². The van der Waals surface area contributed by atoms with Gasteiger partial charge in [0.1, 0.15) is 0 Å². The molecule has 0 aliphatic heterocycles. The zero-order valence-electron chi connectivity index (χ0n) is 6.83. The van der Waals surface area contributed by atoms with Crippen LogP contribution in [0.5, 0.6) is 0 Å². The predicted octanol–water partition coefficient (Wildman–Crippen LogP) is 3.37. The number of carbonyl (C=O) groups excluding carboxylic acids is 1. The van der Waals surface area contributed by atoms with E-state index in [9.17, 15) is 4.79 Å². The Bertz CT molecular complexity index is 423. The highest BCUT2D eigenvalue weighted by Gasteiger charge is 2.11. The van der Waals surface area contributed by atoms with Gasteiger partial charge in [-0.2, -0.15) is 0 Å². The average Bonchev–Trinajstić information content (AvgIpc) is 2.38.